The molecular formula is C14H13BrN4O2S. The summed E-state index contributed by atoms with van der Waals surface area (Å²) in [5, 5.41) is 5.25. The molecule has 1 aromatic heterocycles. The van der Waals surface area contributed by atoms with Gasteiger partial charge in [0.2, 0.25) is 16.0 Å². The largest absolute Gasteiger partial charge is 0.369 e. The van der Waals surface area contributed by atoms with E-state index in [9.17, 15) is 8.42 Å². The van der Waals surface area contributed by atoms with Crippen LogP contribution in [0, 0.1) is 6.92 Å². The summed E-state index contributed by atoms with van der Waals surface area (Å²) >= 11 is 3.21. The second kappa shape index (κ2) is 5.08. The topological polar surface area (TPSA) is 104 Å². The van der Waals surface area contributed by atoms with E-state index in [1.54, 1.807) is 10.6 Å². The third-order valence-corrected chi connectivity index (χ3v) is 5.17. The van der Waals surface area contributed by atoms with Crippen molar-refractivity contribution in [3.63, 3.8) is 0 Å². The summed E-state index contributed by atoms with van der Waals surface area (Å²) in [7, 11) is -3.85. The van der Waals surface area contributed by atoms with Crippen molar-refractivity contribution in [2.45, 2.75) is 11.8 Å². The molecule has 3 rings (SSSR count). The van der Waals surface area contributed by atoms with Crippen molar-refractivity contribution in [1.29, 1.82) is 0 Å². The van der Waals surface area contributed by atoms with Gasteiger partial charge < -0.3 is 5.73 Å². The second-order valence-corrected chi connectivity index (χ2v) is 7.34. The molecule has 114 valence electrons. The summed E-state index contributed by atoms with van der Waals surface area (Å²) < 4.78 is 25.4. The number of aryl methyl sites for hydroxylation is 1. The minimum atomic E-state index is -3.85. The van der Waals surface area contributed by atoms with E-state index < -0.39 is 10.0 Å². The van der Waals surface area contributed by atoms with Crippen molar-refractivity contribution in [3.05, 3.63) is 46.4 Å². The molecule has 0 aliphatic carbocycles. The predicted molar refractivity (Wildman–Crippen MR) is 89.3 cm³/mol. The minimum Gasteiger partial charge on any atom is -0.369 e. The Bertz CT molecular complexity index is 995. The van der Waals surface area contributed by atoms with Gasteiger partial charge in [-0.3, -0.25) is 4.57 Å². The van der Waals surface area contributed by atoms with E-state index in [4.69, 9.17) is 10.9 Å². The first-order valence-electron chi connectivity index (χ1n) is 6.34. The van der Waals surface area contributed by atoms with Crippen LogP contribution in [0.3, 0.4) is 0 Å². The van der Waals surface area contributed by atoms with Gasteiger partial charge in [-0.25, -0.2) is 18.5 Å². The number of hydrogen-bond donors (Lipinski definition) is 2. The van der Waals surface area contributed by atoms with Gasteiger partial charge in [0.05, 0.1) is 15.9 Å². The molecule has 8 heteroatoms. The molecule has 0 unspecified atom stereocenters. The minimum absolute atomic E-state index is 0.00574. The Hall–Kier alpha value is -1.90. The molecule has 6 nitrogen and oxygen atoms in total. The highest BCUT2D eigenvalue weighted by molar-refractivity contribution is 9.10. The molecule has 0 atom stereocenters. The van der Waals surface area contributed by atoms with Crippen LogP contribution in [-0.2, 0) is 10.0 Å². The first-order valence-corrected chi connectivity index (χ1v) is 8.68. The number of nitrogens with two attached hydrogens (primary N) is 2. The summed E-state index contributed by atoms with van der Waals surface area (Å²) in [6, 6.07) is 10.7. The third-order valence-electron chi connectivity index (χ3n) is 3.30. The van der Waals surface area contributed by atoms with Gasteiger partial charge in [-0.2, -0.15) is 0 Å². The fraction of sp³-hybridized carbons (Fsp3) is 0.0714. The summed E-state index contributed by atoms with van der Waals surface area (Å²) in [5.41, 5.74) is 9.03. The Morgan fingerprint density at radius 1 is 1.23 bits per heavy atom. The summed E-state index contributed by atoms with van der Waals surface area (Å²) in [5.74, 6) is 0.277. The zero-order valence-electron chi connectivity index (χ0n) is 11.6. The molecule has 22 heavy (non-hydrogen) atoms. The maximum Gasteiger partial charge on any atom is 0.239 e. The molecule has 0 aliphatic heterocycles. The van der Waals surface area contributed by atoms with Gasteiger partial charge in [-0.05, 0) is 52.7 Å². The Balaban J connectivity index is 2.38. The number of rotatable bonds is 2. The van der Waals surface area contributed by atoms with Crippen LogP contribution < -0.4 is 10.9 Å². The maximum absolute atomic E-state index is 11.7. The third kappa shape index (κ3) is 2.49. The number of hydrogen-bond acceptors (Lipinski definition) is 4. The molecule has 0 saturated heterocycles. The van der Waals surface area contributed by atoms with Crippen molar-refractivity contribution in [2.75, 3.05) is 5.73 Å². The summed E-state index contributed by atoms with van der Waals surface area (Å²) in [6.45, 7) is 1.96. The molecule has 0 radical (unpaired) electrons. The van der Waals surface area contributed by atoms with Crippen molar-refractivity contribution < 1.29 is 8.42 Å². The smallest absolute Gasteiger partial charge is 0.239 e. The van der Waals surface area contributed by atoms with Crippen molar-refractivity contribution in [3.8, 4) is 5.69 Å². The van der Waals surface area contributed by atoms with Crippen LogP contribution >= 0.6 is 15.9 Å². The van der Waals surface area contributed by atoms with Crippen LogP contribution in [0.15, 0.2) is 45.8 Å². The lowest BCUT2D eigenvalue weighted by Gasteiger charge is -2.08. The van der Waals surface area contributed by atoms with Gasteiger partial charge in [0.25, 0.3) is 0 Å². The molecule has 0 bridgehead atoms. The second-order valence-electron chi connectivity index (χ2n) is 4.96. The molecule has 0 amide bonds. The van der Waals surface area contributed by atoms with Crippen LogP contribution in [-0.4, -0.2) is 18.0 Å². The van der Waals surface area contributed by atoms with Gasteiger partial charge in [0.1, 0.15) is 0 Å². The lowest BCUT2D eigenvalue weighted by Crippen LogP contribution is -2.13. The van der Waals surface area contributed by atoms with Gasteiger partial charge in [-0.15, -0.1) is 0 Å². The van der Waals surface area contributed by atoms with E-state index >= 15 is 0 Å². The van der Waals surface area contributed by atoms with Crippen LogP contribution in [0.25, 0.3) is 16.7 Å². The van der Waals surface area contributed by atoms with E-state index in [2.05, 4.69) is 20.9 Å². The van der Waals surface area contributed by atoms with E-state index in [1.807, 2.05) is 31.2 Å². The quantitative estimate of drug-likeness (QED) is 0.711. The van der Waals surface area contributed by atoms with Crippen LogP contribution in [0.2, 0.25) is 0 Å². The highest BCUT2D eigenvalue weighted by Gasteiger charge is 2.18. The lowest BCUT2D eigenvalue weighted by atomic mass is 10.2. The van der Waals surface area contributed by atoms with Gasteiger partial charge >= 0.3 is 0 Å². The average Bonchev–Trinajstić information content (AvgIpc) is 2.71. The van der Waals surface area contributed by atoms with E-state index in [0.29, 0.717) is 15.5 Å². The number of primary sulfonamides is 1. The number of aromatic nitrogens is 2. The Kier molecular flexibility index (Phi) is 3.47. The van der Waals surface area contributed by atoms with E-state index in [1.165, 1.54) is 6.07 Å². The Morgan fingerprint density at radius 3 is 2.59 bits per heavy atom. The maximum atomic E-state index is 11.7. The molecule has 3 aromatic rings. The predicted octanol–water partition coefficient (Wildman–Crippen LogP) is 2.33. The first-order chi connectivity index (χ1) is 10.3. The van der Waals surface area contributed by atoms with Gasteiger partial charge in [-0.1, -0.05) is 12.1 Å². The number of sulfonamides is 1. The molecule has 0 spiro atoms. The normalized spacial score (nSPS) is 12.0. The molecule has 0 aliphatic rings. The zero-order chi connectivity index (χ0) is 16.1. The highest BCUT2D eigenvalue weighted by atomic mass is 79.9. The number of anilines is 1. The summed E-state index contributed by atoms with van der Waals surface area (Å²) in [4.78, 5) is 4.27. The van der Waals surface area contributed by atoms with Crippen LogP contribution in [0.5, 0.6) is 0 Å². The fourth-order valence-corrected chi connectivity index (χ4v) is 3.97. The molecular weight excluding hydrogens is 368 g/mol. The highest BCUT2D eigenvalue weighted by Crippen LogP contribution is 2.30. The number of fused-ring (bicyclic) bond motifs is 1. The number of imidazole rings is 1. The fourth-order valence-electron chi connectivity index (χ4n) is 2.35. The number of nitrogens with zero attached hydrogens (tertiary/aromatic N) is 2. The Morgan fingerprint density at radius 2 is 1.95 bits per heavy atom. The van der Waals surface area contributed by atoms with Crippen molar-refractivity contribution in [2.24, 2.45) is 5.14 Å². The van der Waals surface area contributed by atoms with Crippen molar-refractivity contribution >= 4 is 42.9 Å². The number of nitrogen functional groups attached to an aromatic ring is 1. The molecule has 4 N–H and O–H groups in total. The van der Waals surface area contributed by atoms with Crippen LogP contribution in [0.1, 0.15) is 5.56 Å². The van der Waals surface area contributed by atoms with E-state index in [-0.39, 0.29) is 10.8 Å². The van der Waals surface area contributed by atoms with Gasteiger partial charge in [0, 0.05) is 10.2 Å². The molecule has 0 saturated carbocycles. The standard InChI is InChI=1S/C14H13BrN4O2S/c1-8-3-2-4-9(5-8)19-12-7-13(22(17,20)21)10(15)6-11(12)18-14(19)16/h2-7H,1H3,(H2,16,18)(H2,17,20,21). The van der Waals surface area contributed by atoms with E-state index in [0.717, 1.165) is 11.3 Å². The SMILES string of the molecule is Cc1cccc(-n2c(N)nc3cc(Br)c(S(N)(=O)=O)cc32)c1. The first kappa shape index (κ1) is 15.0. The zero-order valence-corrected chi connectivity index (χ0v) is 14.0. The van der Waals surface area contributed by atoms with Crippen molar-refractivity contribution in [1.82, 2.24) is 9.55 Å². The average molecular weight is 381 g/mol. The molecule has 2 aromatic carbocycles. The molecule has 1 heterocycles. The number of halogens is 1. The number of benzene rings is 2. The van der Waals surface area contributed by atoms with Crippen LogP contribution in [0.4, 0.5) is 5.95 Å². The summed E-state index contributed by atoms with van der Waals surface area (Å²) in [6.07, 6.45) is 0. The Labute approximate surface area is 135 Å². The molecule has 0 fully saturated rings. The van der Waals surface area contributed by atoms with Gasteiger partial charge in [0.15, 0.2) is 0 Å². The lowest BCUT2D eigenvalue weighted by molar-refractivity contribution is 0.597. The monoisotopic (exact) mass is 380 g/mol.